The summed E-state index contributed by atoms with van der Waals surface area (Å²) < 4.78 is 0. The quantitative estimate of drug-likeness (QED) is 0.549. The van der Waals surface area contributed by atoms with Crippen LogP contribution in [0.5, 0.6) is 0 Å². The summed E-state index contributed by atoms with van der Waals surface area (Å²) in [7, 11) is 1.96. The number of hydrogen-bond acceptors (Lipinski definition) is 4. The molecule has 1 aliphatic rings. The summed E-state index contributed by atoms with van der Waals surface area (Å²) >= 11 is 0. The summed E-state index contributed by atoms with van der Waals surface area (Å²) in [6, 6.07) is 10.8. The van der Waals surface area contributed by atoms with E-state index in [1.807, 2.05) is 20.0 Å². The Labute approximate surface area is 192 Å². The van der Waals surface area contributed by atoms with Gasteiger partial charge in [0.25, 0.3) is 0 Å². The largest absolute Gasteiger partial charge is 0.388 e. The Morgan fingerprint density at radius 1 is 1.12 bits per heavy atom. The van der Waals surface area contributed by atoms with Crippen LogP contribution >= 0.6 is 0 Å². The van der Waals surface area contributed by atoms with Gasteiger partial charge in [0.1, 0.15) is 0 Å². The van der Waals surface area contributed by atoms with Gasteiger partial charge in [0.15, 0.2) is 0 Å². The molecule has 1 fully saturated rings. The lowest BCUT2D eigenvalue weighted by atomic mass is 10.1. The number of aryl methyl sites for hydroxylation is 2. The second kappa shape index (κ2) is 12.5. The van der Waals surface area contributed by atoms with E-state index in [1.54, 1.807) is 24.7 Å². The molecule has 0 bridgehead atoms. The fourth-order valence-corrected chi connectivity index (χ4v) is 3.67. The Balaban J connectivity index is 0.000000181. The Morgan fingerprint density at radius 2 is 1.91 bits per heavy atom. The van der Waals surface area contributed by atoms with Crippen molar-refractivity contribution < 1.29 is 0 Å². The van der Waals surface area contributed by atoms with Gasteiger partial charge >= 0.3 is 0 Å². The molecule has 0 amide bonds. The standard InChI is InChI=1S/C14H22N2.C13H11N3/c1-15-14-8-6-13(7-9-14)5-4-12-16-10-2-3-11-16;1-3-13-12(9-15-16-13)5-4-11-6-10(2)7-14-8-11/h6-9,15H,2-5,10-12H2,1H3;3,6-9H,1H2,2H3,(H,15,16). The van der Waals surface area contributed by atoms with Gasteiger partial charge in [0, 0.05) is 30.7 Å². The molecule has 4 rings (SSSR count). The van der Waals surface area contributed by atoms with Crippen LogP contribution in [0.1, 0.15) is 47.2 Å². The van der Waals surface area contributed by atoms with E-state index in [9.17, 15) is 0 Å². The first-order valence-electron chi connectivity index (χ1n) is 11.3. The number of hydrogen-bond donors (Lipinski definition) is 2. The number of pyridine rings is 1. The molecule has 0 saturated carbocycles. The van der Waals surface area contributed by atoms with Gasteiger partial charge in [-0.15, -0.1) is 0 Å². The lowest BCUT2D eigenvalue weighted by Gasteiger charge is -2.13. The molecule has 166 valence electrons. The maximum Gasteiger partial charge on any atom is 0.0728 e. The number of aromatic nitrogens is 3. The van der Waals surface area contributed by atoms with Gasteiger partial charge < -0.3 is 10.2 Å². The molecule has 5 heteroatoms. The fourth-order valence-electron chi connectivity index (χ4n) is 3.67. The molecule has 0 radical (unpaired) electrons. The molecule has 32 heavy (non-hydrogen) atoms. The van der Waals surface area contributed by atoms with Gasteiger partial charge in [-0.3, -0.25) is 10.1 Å². The zero-order chi connectivity index (χ0) is 22.6. The minimum Gasteiger partial charge on any atom is -0.388 e. The van der Waals surface area contributed by atoms with Crippen molar-refractivity contribution in [1.29, 1.82) is 0 Å². The fraction of sp³-hybridized carbons (Fsp3) is 0.333. The van der Waals surface area contributed by atoms with Crippen LogP contribution < -0.4 is 5.32 Å². The molecule has 2 N–H and O–H groups in total. The second-order valence-electron chi connectivity index (χ2n) is 8.00. The van der Waals surface area contributed by atoms with Gasteiger partial charge in [0.05, 0.1) is 17.5 Å². The summed E-state index contributed by atoms with van der Waals surface area (Å²) in [4.78, 5) is 6.67. The van der Waals surface area contributed by atoms with Gasteiger partial charge in [-0.05, 0) is 87.6 Å². The lowest BCUT2D eigenvalue weighted by molar-refractivity contribution is 0.334. The number of H-pyrrole nitrogens is 1. The molecule has 0 aliphatic carbocycles. The highest BCUT2D eigenvalue weighted by molar-refractivity contribution is 5.54. The van der Waals surface area contributed by atoms with E-state index in [4.69, 9.17) is 0 Å². The number of nitrogens with zero attached hydrogens (tertiary/aromatic N) is 3. The summed E-state index contributed by atoms with van der Waals surface area (Å²) in [5, 5.41) is 9.87. The molecular weight excluding hydrogens is 394 g/mol. The van der Waals surface area contributed by atoms with Crippen molar-refractivity contribution in [3.8, 4) is 11.8 Å². The van der Waals surface area contributed by atoms with Crippen LogP contribution in [0, 0.1) is 18.8 Å². The van der Waals surface area contributed by atoms with E-state index in [-0.39, 0.29) is 0 Å². The Kier molecular flexibility index (Phi) is 9.09. The molecule has 3 heterocycles. The maximum atomic E-state index is 4.08. The normalized spacial score (nSPS) is 12.9. The van der Waals surface area contributed by atoms with Gasteiger partial charge in [-0.25, -0.2) is 0 Å². The van der Waals surface area contributed by atoms with Crippen LogP contribution in [0.15, 0.2) is 55.5 Å². The molecule has 1 aliphatic heterocycles. The lowest BCUT2D eigenvalue weighted by Crippen LogP contribution is -2.20. The van der Waals surface area contributed by atoms with Gasteiger partial charge in [-0.1, -0.05) is 30.6 Å². The van der Waals surface area contributed by atoms with Crippen LogP contribution in [0.25, 0.3) is 6.08 Å². The van der Waals surface area contributed by atoms with Crippen molar-refractivity contribution >= 4 is 11.8 Å². The first kappa shape index (κ1) is 23.3. The monoisotopic (exact) mass is 427 g/mol. The SMILES string of the molecule is C=Cc1[nH]ncc1C#Cc1cncc(C)c1.CNc1ccc(CCCN2CCCC2)cc1. The maximum absolute atomic E-state index is 4.08. The average Bonchev–Trinajstić information content (AvgIpc) is 3.50. The van der Waals surface area contributed by atoms with Crippen LogP contribution in [0.2, 0.25) is 0 Å². The van der Waals surface area contributed by atoms with Crippen molar-refractivity contribution in [3.63, 3.8) is 0 Å². The molecule has 1 saturated heterocycles. The van der Waals surface area contributed by atoms with E-state index >= 15 is 0 Å². The predicted molar refractivity (Wildman–Crippen MR) is 134 cm³/mol. The van der Waals surface area contributed by atoms with Crippen LogP contribution in [-0.4, -0.2) is 46.8 Å². The molecular formula is C27H33N5. The summed E-state index contributed by atoms with van der Waals surface area (Å²) in [6.45, 7) is 9.58. The molecule has 5 nitrogen and oxygen atoms in total. The van der Waals surface area contributed by atoms with Gasteiger partial charge in [0.2, 0.25) is 0 Å². The van der Waals surface area contributed by atoms with Crippen LogP contribution in [-0.2, 0) is 6.42 Å². The topological polar surface area (TPSA) is 56.8 Å². The summed E-state index contributed by atoms with van der Waals surface area (Å²) in [5.41, 5.74) is 6.34. The van der Waals surface area contributed by atoms with Crippen molar-refractivity contribution in [2.24, 2.45) is 0 Å². The molecule has 0 spiro atoms. The number of aromatic amines is 1. The van der Waals surface area contributed by atoms with Crippen LogP contribution in [0.4, 0.5) is 5.69 Å². The Bertz CT molecular complexity index is 1030. The molecule has 1 aromatic carbocycles. The zero-order valence-corrected chi connectivity index (χ0v) is 19.2. The third kappa shape index (κ3) is 7.40. The highest BCUT2D eigenvalue weighted by Gasteiger charge is 2.10. The van der Waals surface area contributed by atoms with Crippen molar-refractivity contribution in [2.75, 3.05) is 32.0 Å². The second-order valence-corrected chi connectivity index (χ2v) is 8.00. The summed E-state index contributed by atoms with van der Waals surface area (Å²) in [6.07, 6.45) is 12.2. The first-order valence-corrected chi connectivity index (χ1v) is 11.3. The smallest absolute Gasteiger partial charge is 0.0728 e. The first-order chi connectivity index (χ1) is 15.7. The highest BCUT2D eigenvalue weighted by Crippen LogP contribution is 2.12. The van der Waals surface area contributed by atoms with E-state index in [0.29, 0.717) is 0 Å². The van der Waals surface area contributed by atoms with E-state index in [1.165, 1.54) is 56.6 Å². The molecule has 2 aromatic heterocycles. The van der Waals surface area contributed by atoms with E-state index < -0.39 is 0 Å². The third-order valence-electron chi connectivity index (χ3n) is 5.47. The molecule has 0 atom stereocenters. The van der Waals surface area contributed by atoms with Gasteiger partial charge in [-0.2, -0.15) is 5.10 Å². The Hall–Kier alpha value is -3.36. The minimum atomic E-state index is 0.841. The van der Waals surface area contributed by atoms with Crippen LogP contribution in [0.3, 0.4) is 0 Å². The predicted octanol–water partition coefficient (Wildman–Crippen LogP) is 4.91. The van der Waals surface area contributed by atoms with Crippen molar-refractivity contribution in [2.45, 2.75) is 32.6 Å². The minimum absolute atomic E-state index is 0.841. The zero-order valence-electron chi connectivity index (χ0n) is 19.2. The molecule has 0 unspecified atom stereocenters. The third-order valence-corrected chi connectivity index (χ3v) is 5.47. The number of rotatable bonds is 6. The number of anilines is 1. The van der Waals surface area contributed by atoms with Crippen molar-refractivity contribution in [1.82, 2.24) is 20.1 Å². The van der Waals surface area contributed by atoms with E-state index in [2.05, 4.69) is 68.1 Å². The number of nitrogens with one attached hydrogen (secondary N) is 2. The Morgan fingerprint density at radius 3 is 2.59 bits per heavy atom. The number of likely N-dealkylation sites (tertiary alicyclic amines) is 1. The average molecular weight is 428 g/mol. The number of benzene rings is 1. The van der Waals surface area contributed by atoms with Crippen molar-refractivity contribution in [3.05, 3.63) is 83.4 Å². The molecule has 3 aromatic rings. The summed E-state index contributed by atoms with van der Waals surface area (Å²) in [5.74, 6) is 6.08. The van der Waals surface area contributed by atoms with E-state index in [0.717, 1.165) is 22.4 Å². The highest BCUT2D eigenvalue weighted by atomic mass is 15.1.